The van der Waals surface area contributed by atoms with Crippen molar-refractivity contribution in [3.63, 3.8) is 0 Å². The first-order valence-electron chi connectivity index (χ1n) is 10.9. The summed E-state index contributed by atoms with van der Waals surface area (Å²) in [5.41, 5.74) is 2.16. The molecular weight excluding hydrogens is 427 g/mol. The third-order valence-corrected chi connectivity index (χ3v) is 5.96. The Labute approximate surface area is 193 Å². The molecule has 7 nitrogen and oxygen atoms in total. The van der Waals surface area contributed by atoms with E-state index in [1.165, 1.54) is 12.4 Å². The molecule has 0 aliphatic heterocycles. The van der Waals surface area contributed by atoms with Crippen LogP contribution in [0.3, 0.4) is 0 Å². The molecule has 0 saturated heterocycles. The van der Waals surface area contributed by atoms with Gasteiger partial charge in [-0.1, -0.05) is 6.07 Å². The molecule has 0 N–H and O–H groups in total. The molecular formula is C24H39N2O5P+2. The van der Waals surface area contributed by atoms with Crippen molar-refractivity contribution in [3.8, 4) is 17.2 Å². The van der Waals surface area contributed by atoms with Gasteiger partial charge >= 0.3 is 7.60 Å². The predicted molar refractivity (Wildman–Crippen MR) is 133 cm³/mol. The standard InChI is InChI=1S/C24H39N2O5P/c1-9-30-32(8,27)31-24-18-21(26(5,6)7)17-23(19-24)29-15-11-14-28-22-13-10-12-20(16-22)25(2,3)4/h10,12-13,16-19H,9,11,14-15H2,1-8H3/q+2. The molecule has 178 valence electrons. The lowest BCUT2D eigenvalue weighted by atomic mass is 10.2. The molecule has 0 saturated carbocycles. The Morgan fingerprint density at radius 2 is 1.34 bits per heavy atom. The van der Waals surface area contributed by atoms with E-state index < -0.39 is 7.60 Å². The van der Waals surface area contributed by atoms with Gasteiger partial charge in [0.25, 0.3) is 0 Å². The Balaban J connectivity index is 1.98. The van der Waals surface area contributed by atoms with E-state index >= 15 is 0 Å². The van der Waals surface area contributed by atoms with Crippen molar-refractivity contribution in [3.05, 3.63) is 42.5 Å². The smallest absolute Gasteiger partial charge is 0.376 e. The third kappa shape index (κ3) is 8.47. The third-order valence-electron chi connectivity index (χ3n) is 4.69. The molecule has 2 rings (SSSR count). The van der Waals surface area contributed by atoms with Crippen molar-refractivity contribution in [2.45, 2.75) is 13.3 Å². The molecule has 0 bridgehead atoms. The van der Waals surface area contributed by atoms with E-state index in [1.54, 1.807) is 13.0 Å². The van der Waals surface area contributed by atoms with Crippen LogP contribution < -0.4 is 23.0 Å². The van der Waals surface area contributed by atoms with Crippen LogP contribution in [0.2, 0.25) is 0 Å². The minimum Gasteiger partial charge on any atom is -0.493 e. The maximum Gasteiger partial charge on any atom is 0.376 e. The largest absolute Gasteiger partial charge is 0.493 e. The summed E-state index contributed by atoms with van der Waals surface area (Å²) in [7, 11) is 9.35. The quantitative estimate of drug-likeness (QED) is 0.246. The highest BCUT2D eigenvalue weighted by atomic mass is 31.2. The summed E-state index contributed by atoms with van der Waals surface area (Å²) >= 11 is 0. The Hall–Kier alpha value is -2.05. The summed E-state index contributed by atoms with van der Waals surface area (Å²) < 4.78 is 36.6. The molecule has 0 fully saturated rings. The van der Waals surface area contributed by atoms with Crippen LogP contribution in [0, 0.1) is 0 Å². The highest BCUT2D eigenvalue weighted by molar-refractivity contribution is 7.53. The van der Waals surface area contributed by atoms with Crippen LogP contribution in [0.1, 0.15) is 13.3 Å². The number of hydrogen-bond donors (Lipinski definition) is 0. The Bertz CT molecular complexity index is 935. The number of ether oxygens (including phenoxy) is 2. The zero-order chi connectivity index (χ0) is 24.0. The van der Waals surface area contributed by atoms with Crippen LogP contribution in [0.5, 0.6) is 17.2 Å². The highest BCUT2D eigenvalue weighted by Crippen LogP contribution is 2.46. The molecule has 0 aliphatic rings. The molecule has 0 heterocycles. The van der Waals surface area contributed by atoms with Crippen LogP contribution in [-0.4, -0.2) is 68.8 Å². The number of rotatable bonds is 12. The lowest BCUT2D eigenvalue weighted by Crippen LogP contribution is -2.34. The molecule has 1 unspecified atom stereocenters. The Morgan fingerprint density at radius 3 is 1.94 bits per heavy atom. The van der Waals surface area contributed by atoms with Gasteiger partial charge < -0.3 is 18.5 Å². The second-order valence-corrected chi connectivity index (χ2v) is 11.5. The SMILES string of the molecule is CCOP(C)(=O)Oc1cc(OCCCOc2cccc([N+](C)(C)C)c2)cc([N+](C)(C)C)c1. The van der Waals surface area contributed by atoms with Crippen molar-refractivity contribution in [2.75, 3.05) is 68.8 Å². The van der Waals surface area contributed by atoms with Crippen molar-refractivity contribution in [1.82, 2.24) is 8.97 Å². The van der Waals surface area contributed by atoms with E-state index in [9.17, 15) is 4.57 Å². The van der Waals surface area contributed by atoms with Gasteiger partial charge in [-0.3, -0.25) is 8.97 Å². The summed E-state index contributed by atoms with van der Waals surface area (Å²) in [5, 5.41) is 0. The van der Waals surface area contributed by atoms with E-state index in [-0.39, 0.29) is 0 Å². The maximum absolute atomic E-state index is 12.5. The first-order chi connectivity index (χ1) is 14.8. The first kappa shape index (κ1) is 26.2. The van der Waals surface area contributed by atoms with E-state index in [1.807, 2.05) is 24.3 Å². The van der Waals surface area contributed by atoms with Crippen molar-refractivity contribution in [1.29, 1.82) is 0 Å². The number of benzene rings is 2. The minimum atomic E-state index is -3.18. The molecule has 1 atom stereocenters. The van der Waals surface area contributed by atoms with E-state index in [4.69, 9.17) is 18.5 Å². The topological polar surface area (TPSA) is 54.0 Å². The number of hydrogen-bond acceptors (Lipinski definition) is 5. The molecule has 2 aromatic rings. The zero-order valence-corrected chi connectivity index (χ0v) is 21.6. The monoisotopic (exact) mass is 466 g/mol. The van der Waals surface area contributed by atoms with Gasteiger partial charge in [-0.05, 0) is 19.1 Å². The molecule has 0 aliphatic carbocycles. The molecule has 0 amide bonds. The fourth-order valence-electron chi connectivity index (χ4n) is 2.96. The molecule has 32 heavy (non-hydrogen) atoms. The van der Waals surface area contributed by atoms with Crippen molar-refractivity contribution in [2.24, 2.45) is 0 Å². The van der Waals surface area contributed by atoms with E-state index in [0.29, 0.717) is 35.8 Å². The summed E-state index contributed by atoms with van der Waals surface area (Å²) in [6.07, 6.45) is 0.727. The molecule has 0 aromatic heterocycles. The summed E-state index contributed by atoms with van der Waals surface area (Å²) in [4.78, 5) is 0. The lowest BCUT2D eigenvalue weighted by molar-refractivity contribution is 0.246. The fraction of sp³-hybridized carbons (Fsp3) is 0.500. The van der Waals surface area contributed by atoms with Crippen LogP contribution >= 0.6 is 7.60 Å². The maximum atomic E-state index is 12.5. The average Bonchev–Trinajstić information content (AvgIpc) is 2.66. The normalized spacial score (nSPS) is 14.0. The Kier molecular flexibility index (Phi) is 8.77. The van der Waals surface area contributed by atoms with Gasteiger partial charge in [0.15, 0.2) is 0 Å². The van der Waals surface area contributed by atoms with Gasteiger partial charge in [-0.15, -0.1) is 0 Å². The average molecular weight is 467 g/mol. The van der Waals surface area contributed by atoms with Gasteiger partial charge in [0.05, 0.1) is 62.1 Å². The molecule has 2 aromatic carbocycles. The van der Waals surface area contributed by atoms with E-state index in [2.05, 4.69) is 54.4 Å². The lowest BCUT2D eigenvalue weighted by Gasteiger charge is -2.25. The predicted octanol–water partition coefficient (Wildman–Crippen LogP) is 5.17. The zero-order valence-electron chi connectivity index (χ0n) is 20.8. The van der Waals surface area contributed by atoms with Gasteiger partial charge in [0.2, 0.25) is 0 Å². The number of quaternary nitrogens is 2. The second kappa shape index (κ2) is 10.7. The minimum absolute atomic E-state index is 0.323. The van der Waals surface area contributed by atoms with Gasteiger partial charge in [-0.25, -0.2) is 4.57 Å². The Morgan fingerprint density at radius 1 is 0.781 bits per heavy atom. The fourth-order valence-corrected chi connectivity index (χ4v) is 3.97. The van der Waals surface area contributed by atoms with Crippen LogP contribution in [0.4, 0.5) is 11.4 Å². The van der Waals surface area contributed by atoms with Crippen molar-refractivity contribution < 1.29 is 23.1 Å². The molecule has 0 radical (unpaired) electrons. The number of nitrogens with zero attached hydrogens (tertiary/aromatic N) is 2. The van der Waals surface area contributed by atoms with Gasteiger partial charge in [-0.2, -0.15) is 0 Å². The van der Waals surface area contributed by atoms with Crippen molar-refractivity contribution >= 4 is 19.0 Å². The van der Waals surface area contributed by atoms with Crippen LogP contribution in [0.25, 0.3) is 0 Å². The molecule has 0 spiro atoms. The summed E-state index contributed by atoms with van der Waals surface area (Å²) in [5.74, 6) is 1.99. The molecule has 8 heteroatoms. The second-order valence-electron chi connectivity index (χ2n) is 9.52. The van der Waals surface area contributed by atoms with E-state index in [0.717, 1.165) is 22.3 Å². The van der Waals surface area contributed by atoms with Gasteiger partial charge in [0.1, 0.15) is 28.6 Å². The van der Waals surface area contributed by atoms with Crippen LogP contribution in [0.15, 0.2) is 42.5 Å². The highest BCUT2D eigenvalue weighted by Gasteiger charge is 2.22. The summed E-state index contributed by atoms with van der Waals surface area (Å²) in [6, 6.07) is 13.7. The van der Waals surface area contributed by atoms with Crippen LogP contribution in [-0.2, 0) is 9.09 Å². The first-order valence-corrected chi connectivity index (χ1v) is 12.9. The van der Waals surface area contributed by atoms with Gasteiger partial charge in [0, 0.05) is 37.4 Å². The summed E-state index contributed by atoms with van der Waals surface area (Å²) in [6.45, 7) is 4.62.